The summed E-state index contributed by atoms with van der Waals surface area (Å²) in [6, 6.07) is 14.8. The lowest BCUT2D eigenvalue weighted by molar-refractivity contribution is 0.102. The summed E-state index contributed by atoms with van der Waals surface area (Å²) in [6.07, 6.45) is 1.66. The number of hydrogen-bond acceptors (Lipinski definition) is 5. The fourth-order valence-corrected chi connectivity index (χ4v) is 3.03. The maximum atomic E-state index is 12.5. The van der Waals surface area contributed by atoms with Gasteiger partial charge in [-0.1, -0.05) is 19.9 Å². The van der Waals surface area contributed by atoms with E-state index in [9.17, 15) is 4.79 Å². The Labute approximate surface area is 163 Å². The van der Waals surface area contributed by atoms with Gasteiger partial charge in [0.05, 0.1) is 6.61 Å². The highest BCUT2D eigenvalue weighted by molar-refractivity contribution is 7.99. The molecule has 1 heterocycles. The summed E-state index contributed by atoms with van der Waals surface area (Å²) >= 11 is 1.51. The van der Waals surface area contributed by atoms with Crippen molar-refractivity contribution in [3.8, 4) is 5.75 Å². The molecule has 0 fully saturated rings. The zero-order valence-electron chi connectivity index (χ0n) is 15.5. The monoisotopic (exact) mass is 382 g/mol. The minimum atomic E-state index is -0.168. The van der Waals surface area contributed by atoms with Crippen molar-refractivity contribution in [2.45, 2.75) is 23.9 Å². The van der Waals surface area contributed by atoms with Crippen LogP contribution in [0.4, 0.5) is 5.69 Å². The number of carbonyl (C=O) groups is 1. The lowest BCUT2D eigenvalue weighted by Crippen LogP contribution is -2.12. The number of amides is 1. The Bertz CT molecular complexity index is 906. The third-order valence-electron chi connectivity index (χ3n) is 3.67. The summed E-state index contributed by atoms with van der Waals surface area (Å²) in [5.41, 5.74) is 1.30. The first-order chi connectivity index (χ1) is 13.0. The van der Waals surface area contributed by atoms with Gasteiger partial charge in [-0.3, -0.25) is 4.79 Å². The van der Waals surface area contributed by atoms with Crippen LogP contribution in [-0.2, 0) is 7.05 Å². The Morgan fingerprint density at radius 1 is 1.22 bits per heavy atom. The molecular formula is C20H22N4O2S. The zero-order chi connectivity index (χ0) is 19.2. The van der Waals surface area contributed by atoms with Crippen LogP contribution >= 0.6 is 11.8 Å². The summed E-state index contributed by atoms with van der Waals surface area (Å²) < 4.78 is 7.54. The van der Waals surface area contributed by atoms with Gasteiger partial charge in [0.1, 0.15) is 12.1 Å². The molecule has 0 bridgehead atoms. The number of hydrogen-bond donors (Lipinski definition) is 1. The summed E-state index contributed by atoms with van der Waals surface area (Å²) in [5.74, 6) is 0.964. The van der Waals surface area contributed by atoms with Crippen molar-refractivity contribution in [3.05, 3.63) is 60.4 Å². The van der Waals surface area contributed by atoms with E-state index in [1.165, 1.54) is 11.8 Å². The SMILES string of the molecule is CC(C)COc1cccc(C(=O)Nc2ccc(Sc3nncn3C)cc2)c1. The summed E-state index contributed by atoms with van der Waals surface area (Å²) in [6.45, 7) is 4.79. The first-order valence-electron chi connectivity index (χ1n) is 8.67. The normalized spacial score (nSPS) is 10.8. The molecule has 0 aliphatic carbocycles. The van der Waals surface area contributed by atoms with E-state index in [4.69, 9.17) is 4.74 Å². The van der Waals surface area contributed by atoms with E-state index in [-0.39, 0.29) is 5.91 Å². The molecule has 0 radical (unpaired) electrons. The number of rotatable bonds is 7. The summed E-state index contributed by atoms with van der Waals surface area (Å²) in [5, 5.41) is 11.6. The van der Waals surface area contributed by atoms with Gasteiger partial charge in [-0.05, 0) is 60.1 Å². The number of aryl methyl sites for hydroxylation is 1. The highest BCUT2D eigenvalue weighted by atomic mass is 32.2. The molecule has 0 atom stereocenters. The Morgan fingerprint density at radius 2 is 2.00 bits per heavy atom. The lowest BCUT2D eigenvalue weighted by atomic mass is 10.2. The van der Waals surface area contributed by atoms with Crippen molar-refractivity contribution in [1.29, 1.82) is 0 Å². The third-order valence-corrected chi connectivity index (χ3v) is 4.73. The van der Waals surface area contributed by atoms with Gasteiger partial charge in [0, 0.05) is 23.2 Å². The predicted molar refractivity (Wildman–Crippen MR) is 106 cm³/mol. The number of carbonyl (C=O) groups excluding carboxylic acids is 1. The Balaban J connectivity index is 1.62. The molecule has 3 aromatic rings. The molecule has 7 heteroatoms. The fraction of sp³-hybridized carbons (Fsp3) is 0.250. The molecule has 140 valence electrons. The summed E-state index contributed by atoms with van der Waals surface area (Å²) in [7, 11) is 1.90. The van der Waals surface area contributed by atoms with Crippen LogP contribution in [0.1, 0.15) is 24.2 Å². The molecule has 0 saturated heterocycles. The van der Waals surface area contributed by atoms with Crippen LogP contribution in [0, 0.1) is 5.92 Å². The minimum Gasteiger partial charge on any atom is -0.493 e. The van der Waals surface area contributed by atoms with Gasteiger partial charge in [0.25, 0.3) is 5.91 Å². The van der Waals surface area contributed by atoms with Crippen molar-refractivity contribution >= 4 is 23.4 Å². The van der Waals surface area contributed by atoms with Crippen LogP contribution in [0.5, 0.6) is 5.75 Å². The van der Waals surface area contributed by atoms with E-state index in [0.29, 0.717) is 23.8 Å². The highest BCUT2D eigenvalue weighted by Gasteiger charge is 2.09. The average Bonchev–Trinajstić information content (AvgIpc) is 3.06. The Hall–Kier alpha value is -2.80. The van der Waals surface area contributed by atoms with Crippen LogP contribution in [0.15, 0.2) is 64.9 Å². The first-order valence-corrected chi connectivity index (χ1v) is 9.49. The van der Waals surface area contributed by atoms with Crippen molar-refractivity contribution in [2.75, 3.05) is 11.9 Å². The third kappa shape index (κ3) is 5.34. The average molecular weight is 382 g/mol. The van der Waals surface area contributed by atoms with Crippen LogP contribution < -0.4 is 10.1 Å². The number of anilines is 1. The second-order valence-electron chi connectivity index (χ2n) is 6.54. The Morgan fingerprint density at radius 3 is 2.67 bits per heavy atom. The largest absolute Gasteiger partial charge is 0.493 e. The fourth-order valence-electron chi connectivity index (χ4n) is 2.27. The highest BCUT2D eigenvalue weighted by Crippen LogP contribution is 2.26. The number of ether oxygens (including phenoxy) is 1. The molecule has 0 aliphatic rings. The van der Waals surface area contributed by atoms with Gasteiger partial charge in [0.15, 0.2) is 5.16 Å². The maximum absolute atomic E-state index is 12.5. The van der Waals surface area contributed by atoms with E-state index in [2.05, 4.69) is 29.4 Å². The van der Waals surface area contributed by atoms with Crippen LogP contribution in [-0.4, -0.2) is 27.3 Å². The van der Waals surface area contributed by atoms with Crippen LogP contribution in [0.3, 0.4) is 0 Å². The molecule has 0 saturated carbocycles. The van der Waals surface area contributed by atoms with E-state index in [0.717, 1.165) is 15.7 Å². The van der Waals surface area contributed by atoms with Crippen molar-refractivity contribution in [3.63, 3.8) is 0 Å². The molecule has 3 rings (SSSR count). The number of nitrogens with zero attached hydrogens (tertiary/aromatic N) is 3. The second kappa shape index (κ2) is 8.73. The number of nitrogens with one attached hydrogen (secondary N) is 1. The van der Waals surface area contributed by atoms with Crippen LogP contribution in [0.2, 0.25) is 0 Å². The second-order valence-corrected chi connectivity index (χ2v) is 7.58. The molecule has 1 aromatic heterocycles. The Kier molecular flexibility index (Phi) is 6.13. The molecule has 6 nitrogen and oxygen atoms in total. The van der Waals surface area contributed by atoms with Crippen molar-refractivity contribution in [1.82, 2.24) is 14.8 Å². The quantitative estimate of drug-likeness (QED) is 0.661. The molecule has 1 N–H and O–H groups in total. The van der Waals surface area contributed by atoms with Gasteiger partial charge < -0.3 is 14.6 Å². The van der Waals surface area contributed by atoms with E-state index in [1.54, 1.807) is 18.5 Å². The molecule has 0 spiro atoms. The van der Waals surface area contributed by atoms with Gasteiger partial charge in [-0.25, -0.2) is 0 Å². The smallest absolute Gasteiger partial charge is 0.255 e. The van der Waals surface area contributed by atoms with Crippen LogP contribution in [0.25, 0.3) is 0 Å². The number of benzene rings is 2. The van der Waals surface area contributed by atoms with Gasteiger partial charge in [-0.2, -0.15) is 0 Å². The zero-order valence-corrected chi connectivity index (χ0v) is 16.4. The molecular weight excluding hydrogens is 360 g/mol. The topological polar surface area (TPSA) is 69.0 Å². The first kappa shape index (κ1) is 19.0. The molecule has 2 aromatic carbocycles. The van der Waals surface area contributed by atoms with E-state index < -0.39 is 0 Å². The van der Waals surface area contributed by atoms with E-state index in [1.807, 2.05) is 48.0 Å². The standard InChI is InChI=1S/C20H22N4O2S/c1-14(2)12-26-17-6-4-5-15(11-17)19(25)22-16-7-9-18(10-8-16)27-20-23-21-13-24(20)3/h4-11,13-14H,12H2,1-3H3,(H,22,25). The van der Waals surface area contributed by atoms with Gasteiger partial charge in [0.2, 0.25) is 0 Å². The summed E-state index contributed by atoms with van der Waals surface area (Å²) in [4.78, 5) is 13.5. The van der Waals surface area contributed by atoms with Crippen molar-refractivity contribution < 1.29 is 9.53 Å². The lowest BCUT2D eigenvalue weighted by Gasteiger charge is -2.10. The van der Waals surface area contributed by atoms with Gasteiger partial charge in [-0.15, -0.1) is 10.2 Å². The van der Waals surface area contributed by atoms with E-state index >= 15 is 0 Å². The van der Waals surface area contributed by atoms with Crippen molar-refractivity contribution in [2.24, 2.45) is 13.0 Å². The minimum absolute atomic E-state index is 0.168. The molecule has 0 unspecified atom stereocenters. The molecule has 27 heavy (non-hydrogen) atoms. The maximum Gasteiger partial charge on any atom is 0.255 e. The number of aromatic nitrogens is 3. The molecule has 1 amide bonds. The predicted octanol–water partition coefficient (Wildman–Crippen LogP) is 4.25. The van der Waals surface area contributed by atoms with Gasteiger partial charge >= 0.3 is 0 Å². The molecule has 0 aliphatic heterocycles.